The van der Waals surface area contributed by atoms with E-state index in [-0.39, 0.29) is 6.04 Å². The molecule has 1 aliphatic rings. The minimum Gasteiger partial charge on any atom is -0.457 e. The molecule has 82 valence electrons. The van der Waals surface area contributed by atoms with E-state index in [0.717, 1.165) is 22.6 Å². The van der Waals surface area contributed by atoms with Gasteiger partial charge in [-0.25, -0.2) is 0 Å². The second-order valence-electron chi connectivity index (χ2n) is 3.79. The molecule has 0 radical (unpaired) electrons. The van der Waals surface area contributed by atoms with Gasteiger partial charge in [-0.1, -0.05) is 41.5 Å². The average Bonchev–Trinajstić information content (AvgIpc) is 2.39. The Morgan fingerprint density at radius 2 is 1.47 bits per heavy atom. The van der Waals surface area contributed by atoms with E-state index in [4.69, 9.17) is 10.3 Å². The summed E-state index contributed by atoms with van der Waals surface area (Å²) in [4.78, 5) is 2.93. The minimum atomic E-state index is -0.304. The van der Waals surface area contributed by atoms with Gasteiger partial charge in [0.15, 0.2) is 0 Å². The van der Waals surface area contributed by atoms with Crippen LogP contribution in [0.4, 0.5) is 0 Å². The fourth-order valence-corrected chi connectivity index (χ4v) is 2.06. The minimum absolute atomic E-state index is 0.304. The zero-order valence-electron chi connectivity index (χ0n) is 8.95. The first-order valence-corrected chi connectivity index (χ1v) is 5.30. The summed E-state index contributed by atoms with van der Waals surface area (Å²) in [5.74, 6) is 1.51. The fourth-order valence-electron chi connectivity index (χ4n) is 2.06. The van der Waals surface area contributed by atoms with Crippen LogP contribution in [0.5, 0.6) is 11.5 Å². The third-order valence-corrected chi connectivity index (χ3v) is 2.81. The van der Waals surface area contributed by atoms with E-state index in [1.807, 2.05) is 48.5 Å². The van der Waals surface area contributed by atoms with Gasteiger partial charge in [0.05, 0.1) is 6.04 Å². The molecule has 0 saturated heterocycles. The zero-order valence-corrected chi connectivity index (χ0v) is 8.95. The van der Waals surface area contributed by atoms with E-state index >= 15 is 0 Å². The van der Waals surface area contributed by atoms with Crippen molar-refractivity contribution in [2.45, 2.75) is 6.04 Å². The Hall–Kier alpha value is -2.45. The predicted molar refractivity (Wildman–Crippen MR) is 63.9 cm³/mol. The van der Waals surface area contributed by atoms with Crippen LogP contribution in [0.25, 0.3) is 10.4 Å². The maximum Gasteiger partial charge on any atom is 0.131 e. The Kier molecular flexibility index (Phi) is 2.21. The molecule has 0 N–H and O–H groups in total. The molecule has 0 unspecified atom stereocenters. The van der Waals surface area contributed by atoms with Crippen LogP contribution < -0.4 is 4.74 Å². The highest BCUT2D eigenvalue weighted by Crippen LogP contribution is 2.44. The number of benzene rings is 2. The number of hydrogen-bond acceptors (Lipinski definition) is 2. The SMILES string of the molecule is [N-]=[N+]=NC1c2ccccc2Oc2ccccc21. The van der Waals surface area contributed by atoms with Crippen molar-refractivity contribution in [1.82, 2.24) is 0 Å². The van der Waals surface area contributed by atoms with Crippen LogP contribution in [0.2, 0.25) is 0 Å². The third kappa shape index (κ3) is 1.51. The zero-order chi connectivity index (χ0) is 11.7. The van der Waals surface area contributed by atoms with Gasteiger partial charge in [-0.2, -0.15) is 0 Å². The molecule has 0 amide bonds. The number of azide groups is 1. The molecule has 4 heteroatoms. The summed E-state index contributed by atoms with van der Waals surface area (Å²) in [6, 6.07) is 14.9. The summed E-state index contributed by atoms with van der Waals surface area (Å²) >= 11 is 0. The fraction of sp³-hybridized carbons (Fsp3) is 0.0769. The molecular formula is C13H9N3O. The van der Waals surface area contributed by atoms with Crippen LogP contribution in [0.1, 0.15) is 17.2 Å². The summed E-state index contributed by atoms with van der Waals surface area (Å²) < 4.78 is 5.77. The molecule has 0 fully saturated rings. The summed E-state index contributed by atoms with van der Waals surface area (Å²) in [7, 11) is 0. The molecule has 0 aliphatic carbocycles. The van der Waals surface area contributed by atoms with Gasteiger partial charge in [-0.05, 0) is 17.7 Å². The van der Waals surface area contributed by atoms with Crippen molar-refractivity contribution in [1.29, 1.82) is 0 Å². The number of hydrogen-bond donors (Lipinski definition) is 0. The van der Waals surface area contributed by atoms with Crippen molar-refractivity contribution >= 4 is 0 Å². The van der Waals surface area contributed by atoms with E-state index in [9.17, 15) is 0 Å². The molecule has 1 aliphatic heterocycles. The predicted octanol–water partition coefficient (Wildman–Crippen LogP) is 4.19. The summed E-state index contributed by atoms with van der Waals surface area (Å²) in [6.07, 6.45) is 0. The maximum absolute atomic E-state index is 8.69. The van der Waals surface area contributed by atoms with Gasteiger partial charge in [0.1, 0.15) is 11.5 Å². The van der Waals surface area contributed by atoms with Gasteiger partial charge in [0, 0.05) is 16.0 Å². The third-order valence-electron chi connectivity index (χ3n) is 2.81. The lowest BCUT2D eigenvalue weighted by molar-refractivity contribution is 0.447. The lowest BCUT2D eigenvalue weighted by Gasteiger charge is -2.24. The first-order chi connectivity index (χ1) is 8.40. The van der Waals surface area contributed by atoms with Crippen molar-refractivity contribution in [3.63, 3.8) is 0 Å². The lowest BCUT2D eigenvalue weighted by atomic mass is 9.95. The molecule has 3 rings (SSSR count). The van der Waals surface area contributed by atoms with Crippen molar-refractivity contribution in [2.75, 3.05) is 0 Å². The second kappa shape index (κ2) is 3.85. The molecule has 2 aromatic carbocycles. The molecule has 0 atom stereocenters. The number of ether oxygens (including phenoxy) is 1. The molecule has 2 aromatic rings. The first kappa shape index (κ1) is 9.75. The van der Waals surface area contributed by atoms with Gasteiger partial charge in [0.2, 0.25) is 0 Å². The summed E-state index contributed by atoms with van der Waals surface area (Å²) in [5, 5.41) is 3.87. The molecule has 1 heterocycles. The van der Waals surface area contributed by atoms with E-state index in [2.05, 4.69) is 10.0 Å². The highest BCUT2D eigenvalue weighted by atomic mass is 16.5. The van der Waals surface area contributed by atoms with Crippen LogP contribution in [0.3, 0.4) is 0 Å². The molecule has 0 spiro atoms. The summed E-state index contributed by atoms with van der Waals surface area (Å²) in [6.45, 7) is 0. The van der Waals surface area contributed by atoms with Gasteiger partial charge >= 0.3 is 0 Å². The lowest BCUT2D eigenvalue weighted by Crippen LogP contribution is -2.07. The molecule has 4 nitrogen and oxygen atoms in total. The summed E-state index contributed by atoms with van der Waals surface area (Å²) in [5.41, 5.74) is 10.5. The average molecular weight is 223 g/mol. The first-order valence-electron chi connectivity index (χ1n) is 5.30. The van der Waals surface area contributed by atoms with E-state index in [1.54, 1.807) is 0 Å². The van der Waals surface area contributed by atoms with Crippen molar-refractivity contribution < 1.29 is 4.74 Å². The Balaban J connectivity index is 2.24. The number of para-hydroxylation sites is 2. The number of rotatable bonds is 1. The standard InChI is InChI=1S/C13H9N3O/c14-16-15-13-9-5-1-3-7-11(9)17-12-8-4-2-6-10(12)13/h1-8,13H. The highest BCUT2D eigenvalue weighted by Gasteiger charge is 2.25. The van der Waals surface area contributed by atoms with Gasteiger partial charge < -0.3 is 4.74 Å². The number of fused-ring (bicyclic) bond motifs is 2. The van der Waals surface area contributed by atoms with Crippen molar-refractivity contribution in [3.8, 4) is 11.5 Å². The molecule has 17 heavy (non-hydrogen) atoms. The van der Waals surface area contributed by atoms with Crippen LogP contribution in [-0.2, 0) is 0 Å². The van der Waals surface area contributed by atoms with Gasteiger partial charge in [-0.15, -0.1) is 0 Å². The Bertz CT molecular complexity index is 572. The topological polar surface area (TPSA) is 58.0 Å². The molecule has 0 saturated carbocycles. The largest absolute Gasteiger partial charge is 0.457 e. The maximum atomic E-state index is 8.69. The van der Waals surface area contributed by atoms with Gasteiger partial charge in [0.25, 0.3) is 0 Å². The normalized spacial score (nSPS) is 12.9. The monoisotopic (exact) mass is 223 g/mol. The Morgan fingerprint density at radius 1 is 0.941 bits per heavy atom. The van der Waals surface area contributed by atoms with Gasteiger partial charge in [-0.3, -0.25) is 0 Å². The highest BCUT2D eigenvalue weighted by molar-refractivity contribution is 5.52. The Labute approximate surface area is 98.1 Å². The molecule has 0 aromatic heterocycles. The van der Waals surface area contributed by atoms with Crippen LogP contribution in [0.15, 0.2) is 53.6 Å². The quantitative estimate of drug-likeness (QED) is 0.406. The van der Waals surface area contributed by atoms with E-state index in [0.29, 0.717) is 0 Å². The van der Waals surface area contributed by atoms with Crippen molar-refractivity contribution in [3.05, 3.63) is 70.1 Å². The molecular weight excluding hydrogens is 214 g/mol. The van der Waals surface area contributed by atoms with Crippen LogP contribution >= 0.6 is 0 Å². The van der Waals surface area contributed by atoms with E-state index in [1.165, 1.54) is 0 Å². The smallest absolute Gasteiger partial charge is 0.131 e. The van der Waals surface area contributed by atoms with Crippen molar-refractivity contribution in [2.24, 2.45) is 5.11 Å². The van der Waals surface area contributed by atoms with E-state index < -0.39 is 0 Å². The molecule has 0 bridgehead atoms. The van der Waals surface area contributed by atoms with Crippen LogP contribution in [-0.4, -0.2) is 0 Å². The second-order valence-corrected chi connectivity index (χ2v) is 3.79. The number of nitrogens with zero attached hydrogens (tertiary/aromatic N) is 3. The van der Waals surface area contributed by atoms with Crippen LogP contribution in [0, 0.1) is 0 Å². The Morgan fingerprint density at radius 3 is 2.00 bits per heavy atom.